The van der Waals surface area contributed by atoms with Crippen LogP contribution in [-0.4, -0.2) is 31.1 Å². The maximum Gasteiger partial charge on any atom is 0.416 e. The molecule has 0 saturated carbocycles. The largest absolute Gasteiger partial charge is 0.416 e. The molecule has 0 aliphatic carbocycles. The van der Waals surface area contributed by atoms with Crippen molar-refractivity contribution in [3.8, 4) is 0 Å². The van der Waals surface area contributed by atoms with E-state index in [4.69, 9.17) is 0 Å². The molecule has 0 atom stereocenters. The highest BCUT2D eigenvalue weighted by atomic mass is 127. The second kappa shape index (κ2) is 11.8. The standard InChI is InChI=1S/C15H21F4N3S.HI/c1-3-20-14(21-7-4-8-23-2)22-10-11-5-6-12(16)9-13(11)15(17,18)19;/h5-6,9H,3-4,7-8,10H2,1-2H3,(H2,20,21,22);1H. The Morgan fingerprint density at radius 2 is 1.96 bits per heavy atom. The average Bonchev–Trinajstić information content (AvgIpc) is 2.49. The molecular formula is C15H22F4IN3S. The number of rotatable bonds is 7. The third-order valence-corrected chi connectivity index (χ3v) is 3.64. The van der Waals surface area contributed by atoms with Crippen LogP contribution in [0.2, 0.25) is 0 Å². The quantitative estimate of drug-likeness (QED) is 0.202. The summed E-state index contributed by atoms with van der Waals surface area (Å²) >= 11 is 1.72. The van der Waals surface area contributed by atoms with Gasteiger partial charge in [0.25, 0.3) is 0 Å². The fourth-order valence-corrected chi connectivity index (χ4v) is 2.31. The lowest BCUT2D eigenvalue weighted by Gasteiger charge is -2.14. The van der Waals surface area contributed by atoms with Gasteiger partial charge in [0, 0.05) is 13.1 Å². The number of nitrogens with one attached hydrogen (secondary N) is 2. The fourth-order valence-electron chi connectivity index (χ4n) is 1.88. The van der Waals surface area contributed by atoms with Crippen molar-refractivity contribution in [1.82, 2.24) is 10.6 Å². The van der Waals surface area contributed by atoms with Gasteiger partial charge in [-0.15, -0.1) is 24.0 Å². The minimum atomic E-state index is -4.60. The van der Waals surface area contributed by atoms with Gasteiger partial charge in [-0.2, -0.15) is 24.9 Å². The van der Waals surface area contributed by atoms with Crippen LogP contribution in [0.3, 0.4) is 0 Å². The SMILES string of the molecule is CCNC(=NCc1ccc(F)cc1C(F)(F)F)NCCCSC.I. The van der Waals surface area contributed by atoms with Crippen LogP contribution >= 0.6 is 35.7 Å². The Balaban J connectivity index is 0.00000529. The van der Waals surface area contributed by atoms with E-state index in [1.54, 1.807) is 11.8 Å². The molecule has 0 aliphatic rings. The Bertz CT molecular complexity index is 524. The zero-order valence-corrected chi connectivity index (χ0v) is 16.7. The minimum Gasteiger partial charge on any atom is -0.357 e. The fraction of sp³-hybridized carbons (Fsp3) is 0.533. The average molecular weight is 479 g/mol. The van der Waals surface area contributed by atoms with Gasteiger partial charge in [0.05, 0.1) is 12.1 Å². The van der Waals surface area contributed by atoms with Gasteiger partial charge < -0.3 is 10.6 Å². The van der Waals surface area contributed by atoms with E-state index in [1.165, 1.54) is 0 Å². The minimum absolute atomic E-state index is 0. The van der Waals surface area contributed by atoms with Gasteiger partial charge in [-0.3, -0.25) is 0 Å². The normalized spacial score (nSPS) is 11.8. The zero-order chi connectivity index (χ0) is 17.3. The van der Waals surface area contributed by atoms with Crippen molar-refractivity contribution in [2.45, 2.75) is 26.1 Å². The van der Waals surface area contributed by atoms with Gasteiger partial charge in [-0.05, 0) is 43.0 Å². The van der Waals surface area contributed by atoms with Crippen molar-refractivity contribution in [1.29, 1.82) is 0 Å². The molecule has 3 nitrogen and oxygen atoms in total. The number of thioether (sulfide) groups is 1. The molecule has 0 amide bonds. The van der Waals surface area contributed by atoms with Gasteiger partial charge in [0.1, 0.15) is 5.82 Å². The molecular weight excluding hydrogens is 457 g/mol. The Hall–Kier alpha value is -0.710. The third-order valence-electron chi connectivity index (χ3n) is 2.95. The van der Waals surface area contributed by atoms with Crippen molar-refractivity contribution in [2.75, 3.05) is 25.1 Å². The second-order valence-corrected chi connectivity index (χ2v) is 5.75. The maximum absolute atomic E-state index is 13.1. The molecule has 0 unspecified atom stereocenters. The van der Waals surface area contributed by atoms with Crippen LogP contribution in [0.4, 0.5) is 17.6 Å². The molecule has 9 heteroatoms. The molecule has 1 aromatic rings. The molecule has 24 heavy (non-hydrogen) atoms. The van der Waals surface area contributed by atoms with Crippen LogP contribution in [-0.2, 0) is 12.7 Å². The summed E-state index contributed by atoms with van der Waals surface area (Å²) in [6.45, 7) is 2.98. The van der Waals surface area contributed by atoms with Crippen LogP contribution in [0.25, 0.3) is 0 Å². The lowest BCUT2D eigenvalue weighted by atomic mass is 10.1. The molecule has 2 N–H and O–H groups in total. The zero-order valence-electron chi connectivity index (χ0n) is 13.5. The summed E-state index contributed by atoms with van der Waals surface area (Å²) in [4.78, 5) is 4.15. The first-order valence-electron chi connectivity index (χ1n) is 7.25. The summed E-state index contributed by atoms with van der Waals surface area (Å²) in [7, 11) is 0. The van der Waals surface area contributed by atoms with E-state index >= 15 is 0 Å². The highest BCUT2D eigenvalue weighted by molar-refractivity contribution is 14.0. The molecule has 0 saturated heterocycles. The third kappa shape index (κ3) is 8.41. The summed E-state index contributed by atoms with van der Waals surface area (Å²) in [5.41, 5.74) is -1.04. The van der Waals surface area contributed by atoms with Gasteiger partial charge in [-0.1, -0.05) is 6.07 Å². The number of guanidine groups is 1. The van der Waals surface area contributed by atoms with Gasteiger partial charge in [-0.25, -0.2) is 9.38 Å². The van der Waals surface area contributed by atoms with Crippen LogP contribution in [0.5, 0.6) is 0 Å². The van der Waals surface area contributed by atoms with E-state index in [-0.39, 0.29) is 36.1 Å². The summed E-state index contributed by atoms with van der Waals surface area (Å²) in [6, 6.07) is 2.64. The molecule has 0 heterocycles. The smallest absolute Gasteiger partial charge is 0.357 e. The van der Waals surface area contributed by atoms with Crippen LogP contribution < -0.4 is 10.6 Å². The Labute approximate surface area is 161 Å². The summed E-state index contributed by atoms with van der Waals surface area (Å²) < 4.78 is 51.9. The lowest BCUT2D eigenvalue weighted by Crippen LogP contribution is -2.37. The number of nitrogens with zero attached hydrogens (tertiary/aromatic N) is 1. The van der Waals surface area contributed by atoms with Crippen molar-refractivity contribution in [3.05, 3.63) is 35.1 Å². The van der Waals surface area contributed by atoms with Crippen LogP contribution in [0, 0.1) is 5.82 Å². The molecule has 1 aromatic carbocycles. The molecule has 0 aromatic heterocycles. The topological polar surface area (TPSA) is 36.4 Å². The van der Waals surface area contributed by atoms with Crippen LogP contribution in [0.1, 0.15) is 24.5 Å². The molecule has 1 rings (SSSR count). The number of hydrogen-bond donors (Lipinski definition) is 2. The van der Waals surface area contributed by atoms with Crippen molar-refractivity contribution >= 4 is 41.7 Å². The molecule has 0 bridgehead atoms. The summed E-state index contributed by atoms with van der Waals surface area (Å²) in [6.07, 6.45) is -1.67. The van der Waals surface area contributed by atoms with E-state index < -0.39 is 17.6 Å². The predicted molar refractivity (Wildman–Crippen MR) is 103 cm³/mol. The number of aliphatic imine (C=N–C) groups is 1. The van der Waals surface area contributed by atoms with E-state index in [0.717, 1.165) is 24.3 Å². The predicted octanol–water partition coefficient (Wildman–Crippen LogP) is 4.27. The van der Waals surface area contributed by atoms with E-state index in [1.807, 2.05) is 13.2 Å². The monoisotopic (exact) mass is 479 g/mol. The van der Waals surface area contributed by atoms with Crippen molar-refractivity contribution in [3.63, 3.8) is 0 Å². The Morgan fingerprint density at radius 1 is 1.25 bits per heavy atom. The summed E-state index contributed by atoms with van der Waals surface area (Å²) in [5.74, 6) is 0.529. The maximum atomic E-state index is 13.1. The van der Waals surface area contributed by atoms with E-state index in [9.17, 15) is 17.6 Å². The Kier molecular flexibility index (Phi) is 11.4. The first-order valence-corrected chi connectivity index (χ1v) is 8.64. The number of benzene rings is 1. The number of alkyl halides is 3. The van der Waals surface area contributed by atoms with Crippen molar-refractivity contribution in [2.24, 2.45) is 4.99 Å². The van der Waals surface area contributed by atoms with Gasteiger partial charge in [0.15, 0.2) is 5.96 Å². The van der Waals surface area contributed by atoms with E-state index in [2.05, 4.69) is 15.6 Å². The van der Waals surface area contributed by atoms with E-state index in [0.29, 0.717) is 25.1 Å². The number of hydrogen-bond acceptors (Lipinski definition) is 2. The number of halogens is 5. The second-order valence-electron chi connectivity index (χ2n) is 4.77. The van der Waals surface area contributed by atoms with Gasteiger partial charge in [0.2, 0.25) is 0 Å². The van der Waals surface area contributed by atoms with Crippen molar-refractivity contribution < 1.29 is 17.6 Å². The molecule has 0 fully saturated rings. The lowest BCUT2D eigenvalue weighted by molar-refractivity contribution is -0.138. The highest BCUT2D eigenvalue weighted by Crippen LogP contribution is 2.32. The Morgan fingerprint density at radius 3 is 2.54 bits per heavy atom. The molecule has 0 radical (unpaired) electrons. The van der Waals surface area contributed by atoms with Gasteiger partial charge >= 0.3 is 6.18 Å². The van der Waals surface area contributed by atoms with Crippen LogP contribution in [0.15, 0.2) is 23.2 Å². The molecule has 0 spiro atoms. The molecule has 0 aliphatic heterocycles. The first kappa shape index (κ1) is 23.3. The molecule has 138 valence electrons. The first-order chi connectivity index (χ1) is 10.9. The summed E-state index contributed by atoms with van der Waals surface area (Å²) in [5, 5.41) is 6.04. The highest BCUT2D eigenvalue weighted by Gasteiger charge is 2.33.